The number of nitrogens with one attached hydrogen (secondary N) is 1. The smallest absolute Gasteiger partial charge is 0.246 e. The van der Waals surface area contributed by atoms with Crippen molar-refractivity contribution >= 4 is 17.4 Å². The van der Waals surface area contributed by atoms with Gasteiger partial charge < -0.3 is 10.1 Å². The van der Waals surface area contributed by atoms with E-state index in [1.54, 1.807) is 73.2 Å². The van der Waals surface area contributed by atoms with Gasteiger partial charge in [0.1, 0.15) is 18.1 Å². The molecule has 0 saturated heterocycles. The summed E-state index contributed by atoms with van der Waals surface area (Å²) in [5.41, 5.74) is 2.52. The summed E-state index contributed by atoms with van der Waals surface area (Å²) in [6, 6.07) is 16.7. The number of amides is 1. The molecular formula is C27H23FN4O3. The van der Waals surface area contributed by atoms with Gasteiger partial charge in [-0.15, -0.1) is 0 Å². The van der Waals surface area contributed by atoms with Gasteiger partial charge in [0.15, 0.2) is 5.78 Å². The van der Waals surface area contributed by atoms with Gasteiger partial charge >= 0.3 is 0 Å². The van der Waals surface area contributed by atoms with Crippen LogP contribution in [-0.4, -0.2) is 32.6 Å². The van der Waals surface area contributed by atoms with E-state index < -0.39 is 0 Å². The molecule has 2 aromatic carbocycles. The van der Waals surface area contributed by atoms with E-state index in [0.29, 0.717) is 33.8 Å². The minimum absolute atomic E-state index is 0.0497. The van der Waals surface area contributed by atoms with Gasteiger partial charge in [0.05, 0.1) is 17.5 Å². The van der Waals surface area contributed by atoms with Gasteiger partial charge in [0.2, 0.25) is 5.91 Å². The molecule has 8 heteroatoms. The van der Waals surface area contributed by atoms with Crippen LogP contribution < -0.4 is 10.1 Å². The molecule has 0 atom stereocenters. The number of pyridine rings is 1. The molecule has 0 unspecified atom stereocenters. The number of aromatic nitrogens is 3. The number of nitrogens with zero attached hydrogens (tertiary/aromatic N) is 3. The van der Waals surface area contributed by atoms with Gasteiger partial charge in [-0.3, -0.25) is 19.3 Å². The van der Waals surface area contributed by atoms with Crippen molar-refractivity contribution in [2.45, 2.75) is 31.9 Å². The highest BCUT2D eigenvalue weighted by Crippen LogP contribution is 2.33. The summed E-state index contributed by atoms with van der Waals surface area (Å²) in [5, 5.41) is 6.89. The van der Waals surface area contributed by atoms with Crippen LogP contribution in [0, 0.1) is 5.82 Å². The first-order valence-corrected chi connectivity index (χ1v) is 11.4. The van der Waals surface area contributed by atoms with Crippen LogP contribution in [0.15, 0.2) is 79.3 Å². The first-order valence-electron chi connectivity index (χ1n) is 11.4. The van der Waals surface area contributed by atoms with Gasteiger partial charge in [-0.2, -0.15) is 5.10 Å². The lowest BCUT2D eigenvalue weighted by Crippen LogP contribution is -2.20. The summed E-state index contributed by atoms with van der Waals surface area (Å²) in [7, 11) is 0. The maximum Gasteiger partial charge on any atom is 0.246 e. The fourth-order valence-corrected chi connectivity index (χ4v) is 3.64. The number of halogens is 1. The van der Waals surface area contributed by atoms with Crippen LogP contribution >= 0.6 is 0 Å². The number of Topliss-reactive ketones (excluding diaryl/α,β-unsaturated/α-hetero) is 1. The second-order valence-corrected chi connectivity index (χ2v) is 8.41. The quantitative estimate of drug-likeness (QED) is 0.359. The SMILES string of the molecule is O=C(Cn1cccn1)Nc1cc(C(=O)Cc2ccc(-c3ccccc3F)nc2)ccc1OC1CC1. The van der Waals surface area contributed by atoms with Crippen molar-refractivity contribution in [3.05, 3.63) is 96.2 Å². The predicted octanol–water partition coefficient (Wildman–Crippen LogP) is 4.69. The van der Waals surface area contributed by atoms with Gasteiger partial charge in [-0.1, -0.05) is 18.2 Å². The summed E-state index contributed by atoms with van der Waals surface area (Å²) >= 11 is 0. The third kappa shape index (κ3) is 5.60. The van der Waals surface area contributed by atoms with Crippen LogP contribution in [0.4, 0.5) is 10.1 Å². The number of ether oxygens (including phenoxy) is 1. The fraction of sp³-hybridized carbons (Fsp3) is 0.185. The summed E-state index contributed by atoms with van der Waals surface area (Å²) < 4.78 is 21.5. The summed E-state index contributed by atoms with van der Waals surface area (Å²) in [6.45, 7) is 0.0497. The van der Waals surface area contributed by atoms with E-state index in [4.69, 9.17) is 4.74 Å². The zero-order chi connectivity index (χ0) is 24.2. The Morgan fingerprint density at radius 3 is 2.66 bits per heavy atom. The third-order valence-electron chi connectivity index (χ3n) is 5.60. The number of hydrogen-bond donors (Lipinski definition) is 1. The van der Waals surface area contributed by atoms with E-state index in [9.17, 15) is 14.0 Å². The van der Waals surface area contributed by atoms with Crippen LogP contribution in [0.2, 0.25) is 0 Å². The molecule has 2 aromatic heterocycles. The minimum atomic E-state index is -0.348. The lowest BCUT2D eigenvalue weighted by molar-refractivity contribution is -0.116. The Labute approximate surface area is 201 Å². The Balaban J connectivity index is 1.31. The minimum Gasteiger partial charge on any atom is -0.488 e. The molecule has 1 amide bonds. The number of carbonyl (C=O) groups is 2. The molecule has 0 aliphatic heterocycles. The molecule has 0 radical (unpaired) electrons. The number of ketones is 1. The molecule has 5 rings (SSSR count). The first-order chi connectivity index (χ1) is 17.0. The van der Waals surface area contributed by atoms with Gasteiger partial charge in [0.25, 0.3) is 0 Å². The Morgan fingerprint density at radius 2 is 1.94 bits per heavy atom. The van der Waals surface area contributed by atoms with Crippen LogP contribution in [0.5, 0.6) is 5.75 Å². The molecular weight excluding hydrogens is 447 g/mol. The molecule has 0 bridgehead atoms. The molecule has 1 saturated carbocycles. The van der Waals surface area contributed by atoms with Crippen molar-refractivity contribution in [3.8, 4) is 17.0 Å². The number of carbonyl (C=O) groups excluding carboxylic acids is 2. The lowest BCUT2D eigenvalue weighted by atomic mass is 10.0. The number of benzene rings is 2. The van der Waals surface area contributed by atoms with Gasteiger partial charge in [-0.25, -0.2) is 4.39 Å². The molecule has 7 nitrogen and oxygen atoms in total. The second-order valence-electron chi connectivity index (χ2n) is 8.41. The van der Waals surface area contributed by atoms with Gasteiger partial charge in [-0.05, 0) is 60.9 Å². The Morgan fingerprint density at radius 1 is 1.09 bits per heavy atom. The second kappa shape index (κ2) is 9.89. The fourth-order valence-electron chi connectivity index (χ4n) is 3.64. The lowest BCUT2D eigenvalue weighted by Gasteiger charge is -2.14. The predicted molar refractivity (Wildman–Crippen MR) is 129 cm³/mol. The molecule has 2 heterocycles. The van der Waals surface area contributed by atoms with Crippen LogP contribution in [0.25, 0.3) is 11.3 Å². The molecule has 1 aliphatic carbocycles. The van der Waals surface area contributed by atoms with Crippen molar-refractivity contribution in [3.63, 3.8) is 0 Å². The largest absolute Gasteiger partial charge is 0.488 e. The topological polar surface area (TPSA) is 86.1 Å². The molecule has 1 fully saturated rings. The summed E-state index contributed by atoms with van der Waals surface area (Å²) in [6.07, 6.45) is 7.08. The highest BCUT2D eigenvalue weighted by molar-refractivity contribution is 6.00. The van der Waals surface area contributed by atoms with Crippen LogP contribution in [0.3, 0.4) is 0 Å². The van der Waals surface area contributed by atoms with E-state index >= 15 is 0 Å². The van der Waals surface area contributed by atoms with E-state index in [1.165, 1.54) is 10.7 Å². The van der Waals surface area contributed by atoms with Crippen molar-refractivity contribution < 1.29 is 18.7 Å². The standard InChI is InChI=1S/C27H23FN4O3/c28-22-5-2-1-4-21(22)23-10-6-18(16-29-23)14-25(33)19-7-11-26(35-20-8-9-20)24(15-19)31-27(34)17-32-13-3-12-30-32/h1-7,10-13,15-16,20H,8-9,14,17H2,(H,31,34). The molecule has 35 heavy (non-hydrogen) atoms. The number of rotatable bonds is 9. The van der Waals surface area contributed by atoms with Gasteiger partial charge in [0, 0.05) is 36.1 Å². The molecule has 4 aromatic rings. The summed E-state index contributed by atoms with van der Waals surface area (Å²) in [5.74, 6) is -0.217. The number of anilines is 1. The average molecular weight is 471 g/mol. The highest BCUT2D eigenvalue weighted by Gasteiger charge is 2.25. The van der Waals surface area contributed by atoms with E-state index in [-0.39, 0.29) is 36.6 Å². The Bertz CT molecular complexity index is 1350. The highest BCUT2D eigenvalue weighted by atomic mass is 19.1. The van der Waals surface area contributed by atoms with Crippen molar-refractivity contribution in [2.24, 2.45) is 0 Å². The van der Waals surface area contributed by atoms with Crippen LogP contribution in [-0.2, 0) is 17.8 Å². The van der Waals surface area contributed by atoms with Crippen LogP contribution in [0.1, 0.15) is 28.8 Å². The van der Waals surface area contributed by atoms with E-state index in [2.05, 4.69) is 15.4 Å². The van der Waals surface area contributed by atoms with Crippen molar-refractivity contribution in [1.82, 2.24) is 14.8 Å². The normalized spacial score (nSPS) is 12.8. The Hall–Kier alpha value is -4.33. The number of hydrogen-bond acceptors (Lipinski definition) is 5. The zero-order valence-electron chi connectivity index (χ0n) is 18.9. The van der Waals surface area contributed by atoms with E-state index in [1.807, 2.05) is 0 Å². The molecule has 176 valence electrons. The maximum absolute atomic E-state index is 14.0. The van der Waals surface area contributed by atoms with Crippen molar-refractivity contribution in [2.75, 3.05) is 5.32 Å². The summed E-state index contributed by atoms with van der Waals surface area (Å²) in [4.78, 5) is 29.9. The maximum atomic E-state index is 14.0. The third-order valence-corrected chi connectivity index (χ3v) is 5.60. The first kappa shape index (κ1) is 22.5. The monoisotopic (exact) mass is 470 g/mol. The Kier molecular flexibility index (Phi) is 6.34. The van der Waals surface area contributed by atoms with E-state index in [0.717, 1.165) is 12.8 Å². The molecule has 1 N–H and O–H groups in total. The van der Waals surface area contributed by atoms with Crippen molar-refractivity contribution in [1.29, 1.82) is 0 Å². The molecule has 1 aliphatic rings. The average Bonchev–Trinajstić information content (AvgIpc) is 3.53. The molecule has 0 spiro atoms. The zero-order valence-corrected chi connectivity index (χ0v) is 18.9.